The molecule has 7 atom stereocenters. The lowest BCUT2D eigenvalue weighted by Crippen LogP contribution is -2.57. The third-order valence-electron chi connectivity index (χ3n) is 11.7. The Morgan fingerprint density at radius 1 is 0.683 bits per heavy atom. The second-order valence-corrected chi connectivity index (χ2v) is 15.3. The van der Waals surface area contributed by atoms with E-state index in [2.05, 4.69) is 56.3 Å². The molecular formula is C44H55N7O9. The van der Waals surface area contributed by atoms with E-state index in [1.807, 2.05) is 37.3 Å². The summed E-state index contributed by atoms with van der Waals surface area (Å²) in [5.74, 6) is -0.233. The van der Waals surface area contributed by atoms with Crippen molar-refractivity contribution in [3.8, 4) is 22.4 Å². The minimum Gasteiger partial charge on any atom is -0.453 e. The summed E-state index contributed by atoms with van der Waals surface area (Å²) in [7, 11) is 5.42. The molecule has 0 spiro atoms. The number of fused-ring (bicyclic) bond motifs is 1. The minimum absolute atomic E-state index is 0.256. The highest BCUT2D eigenvalue weighted by Crippen LogP contribution is 2.34. The molecule has 3 aromatic carbocycles. The molecule has 2 aliphatic rings. The molecule has 16 heteroatoms. The number of carbonyl (C=O) groups excluding carboxylic acids is 5. The van der Waals surface area contributed by atoms with Gasteiger partial charge in [0.05, 0.1) is 50.4 Å². The molecule has 0 saturated carbocycles. The van der Waals surface area contributed by atoms with E-state index in [-0.39, 0.29) is 23.9 Å². The van der Waals surface area contributed by atoms with Crippen LogP contribution in [0.1, 0.15) is 69.9 Å². The number of hydrogen-bond acceptors (Lipinski definition) is 10. The van der Waals surface area contributed by atoms with E-state index in [0.717, 1.165) is 51.6 Å². The first-order chi connectivity index (χ1) is 28.9. The van der Waals surface area contributed by atoms with Crippen molar-refractivity contribution in [2.24, 2.45) is 0 Å². The normalized spacial score (nSPS) is 18.9. The van der Waals surface area contributed by atoms with E-state index in [1.54, 1.807) is 24.9 Å². The highest BCUT2D eigenvalue weighted by Gasteiger charge is 2.41. The summed E-state index contributed by atoms with van der Waals surface area (Å²) < 4.78 is 20.2. The third kappa shape index (κ3) is 9.55. The van der Waals surface area contributed by atoms with Crippen LogP contribution in [-0.4, -0.2) is 122 Å². The van der Waals surface area contributed by atoms with Crippen LogP contribution < -0.4 is 16.0 Å². The zero-order valence-corrected chi connectivity index (χ0v) is 35.2. The quantitative estimate of drug-likeness (QED) is 0.131. The van der Waals surface area contributed by atoms with Gasteiger partial charge in [0.2, 0.25) is 17.7 Å². The second kappa shape index (κ2) is 19.4. The predicted molar refractivity (Wildman–Crippen MR) is 224 cm³/mol. The van der Waals surface area contributed by atoms with Crippen molar-refractivity contribution in [3.63, 3.8) is 0 Å². The van der Waals surface area contributed by atoms with E-state index in [0.29, 0.717) is 31.8 Å². The summed E-state index contributed by atoms with van der Waals surface area (Å²) in [6, 6.07) is 17.4. The molecule has 6 rings (SSSR count). The predicted octanol–water partition coefficient (Wildman–Crippen LogP) is 5.25. The molecule has 5 amide bonds. The number of likely N-dealkylation sites (tertiary alicyclic amines) is 2. The molecule has 2 aliphatic heterocycles. The fourth-order valence-electron chi connectivity index (χ4n) is 7.98. The van der Waals surface area contributed by atoms with Gasteiger partial charge in [-0.05, 0) is 86.1 Å². The molecule has 0 aliphatic carbocycles. The summed E-state index contributed by atoms with van der Waals surface area (Å²) in [5, 5.41) is 10.4. The highest BCUT2D eigenvalue weighted by molar-refractivity contribution is 5.93. The van der Waals surface area contributed by atoms with Crippen molar-refractivity contribution < 1.29 is 42.9 Å². The molecule has 4 aromatic rings. The van der Waals surface area contributed by atoms with Crippen LogP contribution >= 0.6 is 0 Å². The average Bonchev–Trinajstić information content (AvgIpc) is 4.08. The van der Waals surface area contributed by atoms with E-state index in [9.17, 15) is 24.0 Å². The third-order valence-corrected chi connectivity index (χ3v) is 11.7. The monoisotopic (exact) mass is 825 g/mol. The Kier molecular flexibility index (Phi) is 14.1. The van der Waals surface area contributed by atoms with Gasteiger partial charge < -0.3 is 49.7 Å². The molecular weight excluding hydrogens is 771 g/mol. The SMILES string of the molecule is COC(=O)N[C@H](C(=O)N1CCC[C@H]1C(=O)N[C@@H](C)c1ccc(-c2ccc3cc(-c4cnc([C@@H]5CCCN5C(=O)[C@@H](NC(=O)OC)[C@@H](C)OC)[nH]4)ccc3c2)cc1)[C@@H](C)OC. The van der Waals surface area contributed by atoms with E-state index in [1.165, 1.54) is 33.3 Å². The number of aromatic nitrogens is 2. The van der Waals surface area contributed by atoms with Crippen LogP contribution in [0, 0.1) is 0 Å². The van der Waals surface area contributed by atoms with Crippen molar-refractivity contribution >= 4 is 40.7 Å². The fourth-order valence-corrected chi connectivity index (χ4v) is 7.98. The van der Waals surface area contributed by atoms with Crippen molar-refractivity contribution in [2.45, 2.75) is 88.9 Å². The average molecular weight is 826 g/mol. The highest BCUT2D eigenvalue weighted by atomic mass is 16.5. The summed E-state index contributed by atoms with van der Waals surface area (Å²) in [6.07, 6.45) is 1.84. The smallest absolute Gasteiger partial charge is 0.407 e. The maximum absolute atomic E-state index is 13.7. The molecule has 320 valence electrons. The van der Waals surface area contributed by atoms with Gasteiger partial charge >= 0.3 is 12.2 Å². The van der Waals surface area contributed by atoms with Crippen LogP contribution in [0.25, 0.3) is 33.2 Å². The van der Waals surface area contributed by atoms with Crippen molar-refractivity contribution in [2.75, 3.05) is 41.5 Å². The molecule has 60 heavy (non-hydrogen) atoms. The number of ether oxygens (including phenoxy) is 4. The minimum atomic E-state index is -0.999. The summed E-state index contributed by atoms with van der Waals surface area (Å²) >= 11 is 0. The Labute approximate surface area is 349 Å². The number of imidazole rings is 1. The Balaban J connectivity index is 1.10. The van der Waals surface area contributed by atoms with Crippen LogP contribution in [0.3, 0.4) is 0 Å². The maximum Gasteiger partial charge on any atom is 0.407 e. The van der Waals surface area contributed by atoms with Gasteiger partial charge in [0.1, 0.15) is 23.9 Å². The number of amides is 5. The number of nitrogens with one attached hydrogen (secondary N) is 4. The van der Waals surface area contributed by atoms with Crippen LogP contribution in [0.5, 0.6) is 0 Å². The zero-order valence-electron chi connectivity index (χ0n) is 35.2. The first-order valence-corrected chi connectivity index (χ1v) is 20.2. The molecule has 0 bridgehead atoms. The Morgan fingerprint density at radius 3 is 1.82 bits per heavy atom. The molecule has 2 fully saturated rings. The number of hydrogen-bond donors (Lipinski definition) is 4. The standard InChI is InChI=1S/C44H55N7O9/c1-25(46-40(52)36-11-9-21-51(36)42(54)38(27(3)58-5)49-44(56)60-7)28-12-14-29(15-13-28)30-16-17-32-23-33(19-18-31(32)22-30)34-24-45-39(47-34)35-10-8-20-50(35)41(53)37(26(2)57-4)48-43(55)59-6/h12-19,22-27,35-38H,8-11,20-21H2,1-7H3,(H,45,47)(H,46,52)(H,48,55)(H,49,56)/t25-,26+,27+,35-,36-,37-,38-/m0/s1. The number of rotatable bonds is 14. The van der Waals surface area contributed by atoms with Gasteiger partial charge in [0.25, 0.3) is 0 Å². The first-order valence-electron chi connectivity index (χ1n) is 20.2. The molecule has 0 unspecified atom stereocenters. The van der Waals surface area contributed by atoms with Gasteiger partial charge in [-0.15, -0.1) is 0 Å². The van der Waals surface area contributed by atoms with Gasteiger partial charge in [-0.2, -0.15) is 0 Å². The Bertz CT molecular complexity index is 2180. The number of carbonyl (C=O) groups is 5. The largest absolute Gasteiger partial charge is 0.453 e. The molecule has 0 radical (unpaired) electrons. The van der Waals surface area contributed by atoms with Gasteiger partial charge in [-0.1, -0.05) is 48.5 Å². The molecule has 3 heterocycles. The number of H-pyrrole nitrogens is 1. The second-order valence-electron chi connectivity index (χ2n) is 15.3. The van der Waals surface area contributed by atoms with Crippen molar-refractivity contribution in [1.82, 2.24) is 35.7 Å². The molecule has 16 nitrogen and oxygen atoms in total. The van der Waals surface area contributed by atoms with Crippen LogP contribution in [0.2, 0.25) is 0 Å². The van der Waals surface area contributed by atoms with Crippen molar-refractivity contribution in [1.29, 1.82) is 0 Å². The fraction of sp³-hybridized carbons (Fsp3) is 0.455. The van der Waals surface area contributed by atoms with Gasteiger partial charge in [0.15, 0.2) is 0 Å². The zero-order chi connectivity index (χ0) is 43.1. The number of nitrogens with zero attached hydrogens (tertiary/aromatic N) is 3. The van der Waals surface area contributed by atoms with Crippen LogP contribution in [-0.2, 0) is 33.3 Å². The lowest BCUT2D eigenvalue weighted by Gasteiger charge is -2.31. The lowest BCUT2D eigenvalue weighted by atomic mass is 9.97. The topological polar surface area (TPSA) is 194 Å². The number of benzene rings is 3. The van der Waals surface area contributed by atoms with Gasteiger partial charge in [-0.25, -0.2) is 14.6 Å². The summed E-state index contributed by atoms with van der Waals surface area (Å²) in [4.78, 5) is 76.1. The molecule has 1 aromatic heterocycles. The summed E-state index contributed by atoms with van der Waals surface area (Å²) in [6.45, 7) is 6.24. The summed E-state index contributed by atoms with van der Waals surface area (Å²) in [5.41, 5.74) is 4.75. The van der Waals surface area contributed by atoms with E-state index >= 15 is 0 Å². The van der Waals surface area contributed by atoms with Crippen LogP contribution in [0.4, 0.5) is 9.59 Å². The first kappa shape index (κ1) is 43.6. The Morgan fingerprint density at radius 2 is 1.22 bits per heavy atom. The van der Waals surface area contributed by atoms with Gasteiger partial charge in [-0.3, -0.25) is 14.4 Å². The lowest BCUT2D eigenvalue weighted by molar-refractivity contribution is -0.142. The number of methoxy groups -OCH3 is 4. The molecule has 4 N–H and O–H groups in total. The number of alkyl carbamates (subject to hydrolysis) is 2. The molecule has 2 saturated heterocycles. The van der Waals surface area contributed by atoms with Gasteiger partial charge in [0, 0.05) is 32.9 Å². The Hall–Kier alpha value is -6.00. The number of aromatic amines is 1. The van der Waals surface area contributed by atoms with Crippen LogP contribution in [0.15, 0.2) is 66.9 Å². The van der Waals surface area contributed by atoms with E-state index in [4.69, 9.17) is 18.9 Å². The van der Waals surface area contributed by atoms with E-state index < -0.39 is 48.4 Å². The van der Waals surface area contributed by atoms with Crippen molar-refractivity contribution in [3.05, 3.63) is 78.2 Å². The maximum atomic E-state index is 13.7.